The van der Waals surface area contributed by atoms with E-state index in [-0.39, 0.29) is 17.9 Å². The minimum Gasteiger partial charge on any atom is -0.490 e. The number of hydrogen-bond acceptors (Lipinski definition) is 5. The molecule has 1 saturated heterocycles. The van der Waals surface area contributed by atoms with E-state index in [0.717, 1.165) is 31.7 Å². The van der Waals surface area contributed by atoms with Crippen LogP contribution in [0.4, 0.5) is 33.3 Å². The number of halogens is 5. The van der Waals surface area contributed by atoms with E-state index in [1.54, 1.807) is 37.3 Å². The predicted octanol–water partition coefficient (Wildman–Crippen LogP) is 7.10. The number of rotatable bonds is 6. The third kappa shape index (κ3) is 5.54. The molecule has 0 radical (unpaired) electrons. The average molecular weight is 538 g/mol. The molecule has 2 heterocycles. The van der Waals surface area contributed by atoms with Crippen molar-refractivity contribution in [2.75, 3.05) is 23.0 Å². The summed E-state index contributed by atoms with van der Waals surface area (Å²) in [6.45, 7) is 4.23. The summed E-state index contributed by atoms with van der Waals surface area (Å²) in [7, 11) is 0. The van der Waals surface area contributed by atoms with Crippen LogP contribution in [0.1, 0.15) is 52.4 Å². The molecular formula is C28H32F5N3O2. The number of hydrazone groups is 1. The van der Waals surface area contributed by atoms with Gasteiger partial charge in [-0.3, -0.25) is 5.01 Å². The fourth-order valence-corrected chi connectivity index (χ4v) is 5.48. The summed E-state index contributed by atoms with van der Waals surface area (Å²) in [5, 5.41) is 5.23. The van der Waals surface area contributed by atoms with Gasteiger partial charge in [-0.1, -0.05) is 6.92 Å². The normalized spacial score (nSPS) is 23.2. The zero-order valence-electron chi connectivity index (χ0n) is 21.5. The number of piperidine rings is 1. The molecule has 3 aliphatic rings. The van der Waals surface area contributed by atoms with E-state index in [9.17, 15) is 22.0 Å². The highest BCUT2D eigenvalue weighted by Gasteiger charge is 2.46. The minimum absolute atomic E-state index is 0.0498. The van der Waals surface area contributed by atoms with Crippen molar-refractivity contribution in [2.24, 2.45) is 11.0 Å². The Labute approximate surface area is 219 Å². The Kier molecular flexibility index (Phi) is 7.42. The van der Waals surface area contributed by atoms with E-state index in [1.165, 1.54) is 11.9 Å². The van der Waals surface area contributed by atoms with Gasteiger partial charge in [0, 0.05) is 44.0 Å². The summed E-state index contributed by atoms with van der Waals surface area (Å²) in [5.41, 5.74) is -0.0134. The van der Waals surface area contributed by atoms with Crippen molar-refractivity contribution >= 4 is 17.1 Å². The largest absolute Gasteiger partial charge is 0.490 e. The molecule has 0 unspecified atom stereocenters. The molecule has 38 heavy (non-hydrogen) atoms. The molecule has 10 heteroatoms. The molecule has 206 valence electrons. The summed E-state index contributed by atoms with van der Waals surface area (Å²) < 4.78 is 80.7. The van der Waals surface area contributed by atoms with Gasteiger partial charge >= 0.3 is 6.18 Å². The second-order valence-electron chi connectivity index (χ2n) is 10.4. The summed E-state index contributed by atoms with van der Waals surface area (Å²) >= 11 is 0. The lowest BCUT2D eigenvalue weighted by Gasteiger charge is -2.34. The van der Waals surface area contributed by atoms with Gasteiger partial charge in [-0.05, 0) is 56.9 Å². The van der Waals surface area contributed by atoms with Crippen molar-refractivity contribution in [2.45, 2.75) is 76.8 Å². The van der Waals surface area contributed by atoms with Crippen LogP contribution in [0.25, 0.3) is 0 Å². The lowest BCUT2D eigenvalue weighted by atomic mass is 9.98. The molecular weight excluding hydrogens is 505 g/mol. The summed E-state index contributed by atoms with van der Waals surface area (Å²) in [4.78, 5) is 1.81. The van der Waals surface area contributed by atoms with Gasteiger partial charge in [0.25, 0.3) is 0 Å². The summed E-state index contributed by atoms with van der Waals surface area (Å²) in [6.07, 6.45) is 0.706. The van der Waals surface area contributed by atoms with Crippen molar-refractivity contribution in [1.82, 2.24) is 0 Å². The molecule has 2 aliphatic heterocycles. The van der Waals surface area contributed by atoms with Crippen molar-refractivity contribution in [3.63, 3.8) is 0 Å². The fourth-order valence-electron chi connectivity index (χ4n) is 5.48. The van der Waals surface area contributed by atoms with Crippen molar-refractivity contribution in [3.8, 4) is 11.5 Å². The topological polar surface area (TPSA) is 37.3 Å². The van der Waals surface area contributed by atoms with Crippen LogP contribution in [0.15, 0.2) is 41.5 Å². The van der Waals surface area contributed by atoms with E-state index in [1.807, 2.05) is 4.90 Å². The highest BCUT2D eigenvalue weighted by molar-refractivity contribution is 5.95. The van der Waals surface area contributed by atoms with Gasteiger partial charge in [0.05, 0.1) is 23.5 Å². The van der Waals surface area contributed by atoms with Gasteiger partial charge < -0.3 is 14.4 Å². The second kappa shape index (κ2) is 10.6. The Morgan fingerprint density at radius 2 is 1.45 bits per heavy atom. The number of hydrogen-bond donors (Lipinski definition) is 0. The van der Waals surface area contributed by atoms with Gasteiger partial charge in [0.15, 0.2) is 11.6 Å². The van der Waals surface area contributed by atoms with Gasteiger partial charge in [0.2, 0.25) is 0 Å². The monoisotopic (exact) mass is 537 g/mol. The van der Waals surface area contributed by atoms with Crippen LogP contribution in [0.3, 0.4) is 0 Å². The van der Waals surface area contributed by atoms with Crippen LogP contribution < -0.4 is 19.4 Å². The third-order valence-electron chi connectivity index (χ3n) is 7.82. The summed E-state index contributed by atoms with van der Waals surface area (Å²) in [6, 6.07) is 9.13. The zero-order valence-corrected chi connectivity index (χ0v) is 21.5. The molecule has 2 atom stereocenters. The highest BCUT2D eigenvalue weighted by atomic mass is 19.4. The fraction of sp³-hybridized carbons (Fsp3) is 0.536. The van der Waals surface area contributed by atoms with Gasteiger partial charge in [-0.15, -0.1) is 0 Å². The number of nitrogens with zero attached hydrogens (tertiary/aromatic N) is 3. The van der Waals surface area contributed by atoms with Gasteiger partial charge in [-0.25, -0.2) is 8.78 Å². The molecule has 0 bridgehead atoms. The Morgan fingerprint density at radius 1 is 0.842 bits per heavy atom. The number of ether oxygens (including phenoxy) is 2. The molecule has 0 N–H and O–H groups in total. The third-order valence-corrected chi connectivity index (χ3v) is 7.82. The lowest BCUT2D eigenvalue weighted by molar-refractivity contribution is -0.0619. The van der Waals surface area contributed by atoms with Crippen molar-refractivity contribution < 1.29 is 31.4 Å². The smallest absolute Gasteiger partial charge is 0.431 e. The first-order valence-electron chi connectivity index (χ1n) is 13.2. The van der Waals surface area contributed by atoms with Crippen molar-refractivity contribution in [1.29, 1.82) is 0 Å². The predicted molar refractivity (Wildman–Crippen MR) is 136 cm³/mol. The first-order chi connectivity index (χ1) is 18.1. The van der Waals surface area contributed by atoms with Crippen LogP contribution in [0.5, 0.6) is 11.5 Å². The molecule has 0 amide bonds. The molecule has 1 saturated carbocycles. The molecule has 1 aliphatic carbocycles. The van der Waals surface area contributed by atoms with Gasteiger partial charge in [-0.2, -0.15) is 18.3 Å². The van der Waals surface area contributed by atoms with Crippen LogP contribution in [0.2, 0.25) is 0 Å². The Balaban J connectivity index is 1.19. The first kappa shape index (κ1) is 26.6. The molecule has 0 aromatic heterocycles. The molecule has 5 nitrogen and oxygen atoms in total. The Hall–Kier alpha value is -3.04. The van der Waals surface area contributed by atoms with Crippen LogP contribution in [-0.2, 0) is 0 Å². The second-order valence-corrected chi connectivity index (χ2v) is 10.4. The number of benzene rings is 2. The molecule has 5 rings (SSSR count). The zero-order chi connectivity index (χ0) is 27.0. The number of anilines is 2. The average Bonchev–Trinajstić information content (AvgIpc) is 3.50. The maximum Gasteiger partial charge on any atom is 0.431 e. The van der Waals surface area contributed by atoms with Crippen LogP contribution in [0, 0.1) is 17.6 Å². The maximum atomic E-state index is 14.7. The molecule has 2 aromatic rings. The molecule has 0 spiro atoms. The standard InChI is InChI=1S/C28H32F5N3O2/c1-17-18(2)36(34-27(17)28(31,32)33)19-7-9-21(10-8-19)37-22-11-13-35(14-12-22)25-16-23(15-24(29)26(25)30)38-20-5-3-4-6-20/h7-10,15-18,20,22H,3-6,11-14H2,1-2H3/t17-,18-/m0/s1. The maximum absolute atomic E-state index is 14.7. The quantitative estimate of drug-likeness (QED) is 0.369. The molecule has 2 fully saturated rings. The highest BCUT2D eigenvalue weighted by Crippen LogP contribution is 2.36. The minimum atomic E-state index is -4.46. The summed E-state index contributed by atoms with van der Waals surface area (Å²) in [5.74, 6) is -1.57. The lowest BCUT2D eigenvalue weighted by Crippen LogP contribution is -2.38. The number of alkyl halides is 3. The van der Waals surface area contributed by atoms with E-state index < -0.39 is 35.5 Å². The van der Waals surface area contributed by atoms with E-state index >= 15 is 0 Å². The Bertz CT molecular complexity index is 1160. The van der Waals surface area contributed by atoms with E-state index in [2.05, 4.69) is 5.10 Å². The van der Waals surface area contributed by atoms with E-state index in [4.69, 9.17) is 9.47 Å². The van der Waals surface area contributed by atoms with Crippen LogP contribution >= 0.6 is 0 Å². The SMILES string of the molecule is C[C@@H]1C(C(F)(F)F)=NN(c2ccc(OC3CCN(c4cc(OC5CCCC5)cc(F)c4F)CC3)cc2)[C@H]1C. The van der Waals surface area contributed by atoms with Crippen LogP contribution in [-0.4, -0.2) is 43.2 Å². The molecule has 2 aromatic carbocycles. The van der Waals surface area contributed by atoms with Crippen molar-refractivity contribution in [3.05, 3.63) is 48.0 Å². The van der Waals surface area contributed by atoms with Gasteiger partial charge in [0.1, 0.15) is 23.3 Å². The first-order valence-corrected chi connectivity index (χ1v) is 13.2. The van der Waals surface area contributed by atoms with E-state index in [0.29, 0.717) is 43.1 Å². The Morgan fingerprint density at radius 3 is 2.05 bits per heavy atom.